The first-order valence-corrected chi connectivity index (χ1v) is 4.88. The second-order valence-corrected chi connectivity index (χ2v) is 4.05. The Balaban J connectivity index is 1.90. The van der Waals surface area contributed by atoms with Gasteiger partial charge in [0.1, 0.15) is 0 Å². The van der Waals surface area contributed by atoms with E-state index < -0.39 is 0 Å². The smallest absolute Gasteiger partial charge is 0.240 e. The molecule has 1 aliphatic rings. The summed E-state index contributed by atoms with van der Waals surface area (Å²) >= 11 is 0. The predicted molar refractivity (Wildman–Crippen MR) is 49.7 cm³/mol. The summed E-state index contributed by atoms with van der Waals surface area (Å²) in [6.45, 7) is 6.12. The molecule has 78 valence electrons. The molecule has 1 fully saturated rings. The standard InChI is InChI=1S/C9H15N3O2/c1-6(2)9-10-8(14-11-9)5-12-3-7(13)4-12/h6-7,13H,3-5H2,1-2H3. The Morgan fingerprint density at radius 2 is 2.29 bits per heavy atom. The Hall–Kier alpha value is -0.940. The van der Waals surface area contributed by atoms with Crippen LogP contribution in [0.1, 0.15) is 31.5 Å². The number of rotatable bonds is 3. The van der Waals surface area contributed by atoms with Gasteiger partial charge in [-0.05, 0) is 0 Å². The van der Waals surface area contributed by atoms with E-state index in [1.807, 2.05) is 13.8 Å². The highest BCUT2D eigenvalue weighted by Crippen LogP contribution is 2.14. The third kappa shape index (κ3) is 1.93. The summed E-state index contributed by atoms with van der Waals surface area (Å²) in [5.41, 5.74) is 0. The zero-order chi connectivity index (χ0) is 10.1. The highest BCUT2D eigenvalue weighted by Gasteiger charge is 2.25. The molecule has 5 nitrogen and oxygen atoms in total. The Bertz CT molecular complexity index is 305. The lowest BCUT2D eigenvalue weighted by atomic mass is 10.2. The maximum absolute atomic E-state index is 9.08. The van der Waals surface area contributed by atoms with Crippen molar-refractivity contribution in [1.29, 1.82) is 0 Å². The van der Waals surface area contributed by atoms with E-state index in [1.165, 1.54) is 0 Å². The minimum absolute atomic E-state index is 0.178. The van der Waals surface area contributed by atoms with Crippen molar-refractivity contribution in [2.75, 3.05) is 13.1 Å². The second-order valence-electron chi connectivity index (χ2n) is 4.05. The third-order valence-electron chi connectivity index (χ3n) is 2.30. The molecule has 1 aliphatic heterocycles. The summed E-state index contributed by atoms with van der Waals surface area (Å²) in [7, 11) is 0. The SMILES string of the molecule is CC(C)c1noc(CN2CC(O)C2)n1. The fourth-order valence-electron chi connectivity index (χ4n) is 1.43. The summed E-state index contributed by atoms with van der Waals surface area (Å²) < 4.78 is 5.08. The van der Waals surface area contributed by atoms with Crippen LogP contribution in [-0.2, 0) is 6.54 Å². The first kappa shape index (κ1) is 9.61. The molecule has 1 aromatic heterocycles. The van der Waals surface area contributed by atoms with Crippen molar-refractivity contribution < 1.29 is 9.63 Å². The van der Waals surface area contributed by atoms with Gasteiger partial charge in [0.25, 0.3) is 0 Å². The zero-order valence-electron chi connectivity index (χ0n) is 8.47. The van der Waals surface area contributed by atoms with Crippen molar-refractivity contribution in [3.8, 4) is 0 Å². The van der Waals surface area contributed by atoms with E-state index in [1.54, 1.807) is 0 Å². The van der Waals surface area contributed by atoms with Crippen LogP contribution < -0.4 is 0 Å². The van der Waals surface area contributed by atoms with Crippen LogP contribution in [0.5, 0.6) is 0 Å². The van der Waals surface area contributed by atoms with Gasteiger partial charge in [-0.15, -0.1) is 0 Å². The molecule has 0 spiro atoms. The number of likely N-dealkylation sites (tertiary alicyclic amines) is 1. The van der Waals surface area contributed by atoms with Crippen LogP contribution in [0.2, 0.25) is 0 Å². The van der Waals surface area contributed by atoms with Gasteiger partial charge in [0, 0.05) is 19.0 Å². The fourth-order valence-corrected chi connectivity index (χ4v) is 1.43. The molecule has 0 amide bonds. The van der Waals surface area contributed by atoms with Gasteiger partial charge in [-0.1, -0.05) is 19.0 Å². The van der Waals surface area contributed by atoms with Crippen molar-refractivity contribution >= 4 is 0 Å². The molecule has 14 heavy (non-hydrogen) atoms. The van der Waals surface area contributed by atoms with Gasteiger partial charge in [0.15, 0.2) is 5.82 Å². The van der Waals surface area contributed by atoms with E-state index >= 15 is 0 Å². The topological polar surface area (TPSA) is 62.4 Å². The molecule has 1 aromatic rings. The van der Waals surface area contributed by atoms with E-state index in [0.29, 0.717) is 31.4 Å². The molecule has 0 bridgehead atoms. The van der Waals surface area contributed by atoms with Crippen LogP contribution in [0.15, 0.2) is 4.52 Å². The first-order valence-electron chi connectivity index (χ1n) is 4.88. The molecule has 0 radical (unpaired) electrons. The number of aromatic nitrogens is 2. The predicted octanol–water partition coefficient (Wildman–Crippen LogP) is 0.370. The fraction of sp³-hybridized carbons (Fsp3) is 0.778. The Morgan fingerprint density at radius 3 is 2.79 bits per heavy atom. The maximum Gasteiger partial charge on any atom is 0.240 e. The number of β-amino-alcohol motifs (C(OH)–C–C–N with tert-alkyl or cyclic N) is 1. The molecule has 0 saturated carbocycles. The molecular weight excluding hydrogens is 182 g/mol. The Morgan fingerprint density at radius 1 is 1.57 bits per heavy atom. The average Bonchev–Trinajstić information content (AvgIpc) is 2.50. The highest BCUT2D eigenvalue weighted by atomic mass is 16.5. The van der Waals surface area contributed by atoms with Crippen LogP contribution in [0.3, 0.4) is 0 Å². The van der Waals surface area contributed by atoms with Gasteiger partial charge in [-0.3, -0.25) is 4.90 Å². The van der Waals surface area contributed by atoms with Gasteiger partial charge in [-0.2, -0.15) is 4.98 Å². The third-order valence-corrected chi connectivity index (χ3v) is 2.30. The monoisotopic (exact) mass is 197 g/mol. The molecule has 5 heteroatoms. The maximum atomic E-state index is 9.08. The quantitative estimate of drug-likeness (QED) is 0.758. The number of aliphatic hydroxyl groups excluding tert-OH is 1. The van der Waals surface area contributed by atoms with Crippen LogP contribution in [0.4, 0.5) is 0 Å². The number of nitrogens with zero attached hydrogens (tertiary/aromatic N) is 3. The number of aliphatic hydroxyl groups is 1. The molecule has 0 unspecified atom stereocenters. The van der Waals surface area contributed by atoms with Gasteiger partial charge in [-0.25, -0.2) is 0 Å². The molecule has 0 aromatic carbocycles. The zero-order valence-corrected chi connectivity index (χ0v) is 8.47. The average molecular weight is 197 g/mol. The second kappa shape index (κ2) is 3.67. The van der Waals surface area contributed by atoms with Gasteiger partial charge >= 0.3 is 0 Å². The van der Waals surface area contributed by atoms with Crippen LogP contribution >= 0.6 is 0 Å². The van der Waals surface area contributed by atoms with Gasteiger partial charge in [0.05, 0.1) is 12.6 Å². The van der Waals surface area contributed by atoms with Crippen molar-refractivity contribution in [2.45, 2.75) is 32.4 Å². The normalized spacial score (nSPS) is 18.9. The summed E-state index contributed by atoms with van der Waals surface area (Å²) in [4.78, 5) is 6.33. The van der Waals surface area contributed by atoms with Crippen molar-refractivity contribution in [1.82, 2.24) is 15.0 Å². The molecule has 2 rings (SSSR count). The van der Waals surface area contributed by atoms with Crippen LogP contribution in [0, 0.1) is 0 Å². The largest absolute Gasteiger partial charge is 0.390 e. The van der Waals surface area contributed by atoms with Crippen LogP contribution in [0.25, 0.3) is 0 Å². The number of hydrogen-bond acceptors (Lipinski definition) is 5. The molecule has 0 aliphatic carbocycles. The van der Waals surface area contributed by atoms with Crippen molar-refractivity contribution in [3.05, 3.63) is 11.7 Å². The first-order chi connectivity index (χ1) is 6.65. The molecule has 1 N–H and O–H groups in total. The Kier molecular flexibility index (Phi) is 2.52. The van der Waals surface area contributed by atoms with E-state index in [0.717, 1.165) is 5.82 Å². The molecule has 1 saturated heterocycles. The lowest BCUT2D eigenvalue weighted by Crippen LogP contribution is -2.49. The summed E-state index contributed by atoms with van der Waals surface area (Å²) in [6.07, 6.45) is -0.178. The summed E-state index contributed by atoms with van der Waals surface area (Å²) in [5, 5.41) is 13.0. The van der Waals surface area contributed by atoms with E-state index in [4.69, 9.17) is 9.63 Å². The van der Waals surface area contributed by atoms with E-state index in [2.05, 4.69) is 15.0 Å². The minimum Gasteiger partial charge on any atom is -0.390 e. The van der Waals surface area contributed by atoms with E-state index in [9.17, 15) is 0 Å². The van der Waals surface area contributed by atoms with E-state index in [-0.39, 0.29) is 6.10 Å². The van der Waals surface area contributed by atoms with Crippen molar-refractivity contribution in [3.63, 3.8) is 0 Å². The lowest BCUT2D eigenvalue weighted by molar-refractivity contribution is -0.00806. The number of hydrogen-bond donors (Lipinski definition) is 1. The summed E-state index contributed by atoms with van der Waals surface area (Å²) in [5.74, 6) is 1.69. The molecular formula is C9H15N3O2. The highest BCUT2D eigenvalue weighted by molar-refractivity contribution is 4.93. The molecule has 2 heterocycles. The van der Waals surface area contributed by atoms with Gasteiger partial charge < -0.3 is 9.63 Å². The molecule has 0 atom stereocenters. The van der Waals surface area contributed by atoms with Gasteiger partial charge in [0.2, 0.25) is 5.89 Å². The Labute approximate surface area is 82.7 Å². The minimum atomic E-state index is -0.178. The van der Waals surface area contributed by atoms with Crippen molar-refractivity contribution in [2.24, 2.45) is 0 Å². The summed E-state index contributed by atoms with van der Waals surface area (Å²) in [6, 6.07) is 0. The lowest BCUT2D eigenvalue weighted by Gasteiger charge is -2.34. The van der Waals surface area contributed by atoms with Crippen LogP contribution in [-0.4, -0.2) is 39.3 Å².